The standard InChI is InChI=1S/C11H20N2O3/c1-3-11(2)9(15)13(10(16)12-11)7-5-4-6-8-14/h14H,3-8H2,1-2H3,(H,12,16). The number of aliphatic hydroxyl groups excluding tert-OH is 1. The number of amides is 3. The van der Waals surface area contributed by atoms with Gasteiger partial charge >= 0.3 is 6.03 Å². The number of carbonyl (C=O) groups excluding carboxylic acids is 2. The van der Waals surface area contributed by atoms with Crippen molar-refractivity contribution in [3.05, 3.63) is 0 Å². The van der Waals surface area contributed by atoms with Crippen molar-refractivity contribution in [1.82, 2.24) is 10.2 Å². The van der Waals surface area contributed by atoms with Gasteiger partial charge in [-0.2, -0.15) is 0 Å². The molecule has 1 aliphatic heterocycles. The van der Waals surface area contributed by atoms with Crippen molar-refractivity contribution in [2.75, 3.05) is 13.2 Å². The molecule has 0 aromatic rings. The average Bonchev–Trinajstić information content (AvgIpc) is 2.48. The lowest BCUT2D eigenvalue weighted by atomic mass is 9.99. The maximum absolute atomic E-state index is 11.9. The Kier molecular flexibility index (Phi) is 4.29. The Balaban J connectivity index is 2.48. The van der Waals surface area contributed by atoms with Crippen LogP contribution in [0.25, 0.3) is 0 Å². The molecule has 1 rings (SSSR count). The number of aliphatic hydroxyl groups is 1. The van der Waals surface area contributed by atoms with Crippen LogP contribution in [0.1, 0.15) is 39.5 Å². The lowest BCUT2D eigenvalue weighted by Crippen LogP contribution is -2.43. The molecule has 1 saturated heterocycles. The van der Waals surface area contributed by atoms with Crippen LogP contribution in [0.3, 0.4) is 0 Å². The highest BCUT2D eigenvalue weighted by Gasteiger charge is 2.45. The van der Waals surface area contributed by atoms with Crippen molar-refractivity contribution in [1.29, 1.82) is 0 Å². The summed E-state index contributed by atoms with van der Waals surface area (Å²) in [7, 11) is 0. The molecule has 5 nitrogen and oxygen atoms in total. The summed E-state index contributed by atoms with van der Waals surface area (Å²) >= 11 is 0. The molecule has 0 saturated carbocycles. The lowest BCUT2D eigenvalue weighted by Gasteiger charge is -2.19. The van der Waals surface area contributed by atoms with E-state index in [0.29, 0.717) is 19.4 Å². The third-order valence-corrected chi connectivity index (χ3v) is 3.09. The van der Waals surface area contributed by atoms with E-state index in [0.717, 1.165) is 12.8 Å². The fourth-order valence-corrected chi connectivity index (χ4v) is 1.75. The highest BCUT2D eigenvalue weighted by molar-refractivity contribution is 6.06. The minimum atomic E-state index is -0.728. The third-order valence-electron chi connectivity index (χ3n) is 3.09. The van der Waals surface area contributed by atoms with Gasteiger partial charge in [0.15, 0.2) is 0 Å². The number of unbranched alkanes of at least 4 members (excludes halogenated alkanes) is 2. The SMILES string of the molecule is CCC1(C)NC(=O)N(CCCCCO)C1=O. The summed E-state index contributed by atoms with van der Waals surface area (Å²) in [6.45, 7) is 4.24. The first-order valence-electron chi connectivity index (χ1n) is 5.80. The molecule has 0 aromatic heterocycles. The molecule has 0 bridgehead atoms. The Morgan fingerprint density at radius 3 is 2.50 bits per heavy atom. The normalized spacial score (nSPS) is 25.1. The predicted molar refractivity (Wildman–Crippen MR) is 59.9 cm³/mol. The lowest BCUT2D eigenvalue weighted by molar-refractivity contribution is -0.130. The van der Waals surface area contributed by atoms with Gasteiger partial charge in [0.1, 0.15) is 5.54 Å². The predicted octanol–water partition coefficient (Wildman–Crippen LogP) is 0.869. The van der Waals surface area contributed by atoms with Gasteiger partial charge in [-0.15, -0.1) is 0 Å². The highest BCUT2D eigenvalue weighted by Crippen LogP contribution is 2.21. The van der Waals surface area contributed by atoms with Gasteiger partial charge in [0.25, 0.3) is 5.91 Å². The topological polar surface area (TPSA) is 69.6 Å². The Hall–Kier alpha value is -1.10. The molecule has 92 valence electrons. The number of nitrogens with one attached hydrogen (secondary N) is 1. The molecular weight excluding hydrogens is 208 g/mol. The molecule has 1 unspecified atom stereocenters. The highest BCUT2D eigenvalue weighted by atomic mass is 16.3. The van der Waals surface area contributed by atoms with Gasteiger partial charge in [-0.25, -0.2) is 4.79 Å². The van der Waals surface area contributed by atoms with Gasteiger partial charge in [0.05, 0.1) is 0 Å². The first-order chi connectivity index (χ1) is 7.55. The molecule has 16 heavy (non-hydrogen) atoms. The maximum atomic E-state index is 11.9. The van der Waals surface area contributed by atoms with E-state index in [1.165, 1.54) is 4.90 Å². The Labute approximate surface area is 95.8 Å². The van der Waals surface area contributed by atoms with Gasteiger partial charge < -0.3 is 10.4 Å². The van der Waals surface area contributed by atoms with E-state index in [4.69, 9.17) is 5.11 Å². The van der Waals surface area contributed by atoms with Crippen molar-refractivity contribution >= 4 is 11.9 Å². The molecule has 3 amide bonds. The van der Waals surface area contributed by atoms with Crippen molar-refractivity contribution in [2.45, 2.75) is 45.1 Å². The number of nitrogens with zero attached hydrogens (tertiary/aromatic N) is 1. The van der Waals surface area contributed by atoms with Gasteiger partial charge in [-0.1, -0.05) is 6.92 Å². The fraction of sp³-hybridized carbons (Fsp3) is 0.818. The quantitative estimate of drug-likeness (QED) is 0.523. The molecule has 2 N–H and O–H groups in total. The first kappa shape index (κ1) is 13.0. The average molecular weight is 228 g/mol. The van der Waals surface area contributed by atoms with Gasteiger partial charge in [-0.3, -0.25) is 9.69 Å². The zero-order valence-electron chi connectivity index (χ0n) is 9.95. The van der Waals surface area contributed by atoms with E-state index in [-0.39, 0.29) is 18.5 Å². The summed E-state index contributed by atoms with van der Waals surface area (Å²) in [6.07, 6.45) is 2.90. The van der Waals surface area contributed by atoms with E-state index in [9.17, 15) is 9.59 Å². The van der Waals surface area contributed by atoms with Crippen LogP contribution in [-0.2, 0) is 4.79 Å². The van der Waals surface area contributed by atoms with E-state index in [1.54, 1.807) is 6.92 Å². The van der Waals surface area contributed by atoms with Crippen molar-refractivity contribution in [3.8, 4) is 0 Å². The number of rotatable bonds is 6. The van der Waals surface area contributed by atoms with Crippen molar-refractivity contribution < 1.29 is 14.7 Å². The number of imide groups is 1. The second-order valence-corrected chi connectivity index (χ2v) is 4.36. The van der Waals surface area contributed by atoms with E-state index in [1.807, 2.05) is 6.92 Å². The van der Waals surface area contributed by atoms with Crippen LogP contribution in [0.2, 0.25) is 0 Å². The van der Waals surface area contributed by atoms with Crippen LogP contribution >= 0.6 is 0 Å². The summed E-state index contributed by atoms with van der Waals surface area (Å²) in [5, 5.41) is 11.3. The van der Waals surface area contributed by atoms with Crippen LogP contribution < -0.4 is 5.32 Å². The smallest absolute Gasteiger partial charge is 0.325 e. The van der Waals surface area contributed by atoms with E-state index >= 15 is 0 Å². The largest absolute Gasteiger partial charge is 0.396 e. The zero-order chi connectivity index (χ0) is 12.2. The summed E-state index contributed by atoms with van der Waals surface area (Å²) < 4.78 is 0. The van der Waals surface area contributed by atoms with Crippen LogP contribution in [0, 0.1) is 0 Å². The molecule has 5 heteroatoms. The molecule has 0 spiro atoms. The van der Waals surface area contributed by atoms with Crippen LogP contribution in [0.4, 0.5) is 4.79 Å². The van der Waals surface area contributed by atoms with E-state index in [2.05, 4.69) is 5.32 Å². The third kappa shape index (κ3) is 2.52. The summed E-state index contributed by atoms with van der Waals surface area (Å²) in [4.78, 5) is 24.8. The summed E-state index contributed by atoms with van der Waals surface area (Å²) in [5.74, 6) is -0.135. The Morgan fingerprint density at radius 2 is 2.00 bits per heavy atom. The van der Waals surface area contributed by atoms with Gasteiger partial charge in [-0.05, 0) is 32.6 Å². The zero-order valence-corrected chi connectivity index (χ0v) is 9.95. The first-order valence-corrected chi connectivity index (χ1v) is 5.80. The monoisotopic (exact) mass is 228 g/mol. The molecule has 1 atom stereocenters. The number of carbonyl (C=O) groups is 2. The number of hydrogen-bond donors (Lipinski definition) is 2. The van der Waals surface area contributed by atoms with Crippen LogP contribution in [-0.4, -0.2) is 40.6 Å². The Morgan fingerprint density at radius 1 is 1.31 bits per heavy atom. The minimum absolute atomic E-state index is 0.135. The molecular formula is C11H20N2O3. The molecule has 0 radical (unpaired) electrons. The maximum Gasteiger partial charge on any atom is 0.325 e. The van der Waals surface area contributed by atoms with E-state index < -0.39 is 5.54 Å². The number of urea groups is 1. The molecule has 0 aromatic carbocycles. The molecule has 1 fully saturated rings. The van der Waals surface area contributed by atoms with Crippen molar-refractivity contribution in [2.24, 2.45) is 0 Å². The second kappa shape index (κ2) is 5.30. The second-order valence-electron chi connectivity index (χ2n) is 4.36. The van der Waals surface area contributed by atoms with Gasteiger partial charge in [0, 0.05) is 13.2 Å². The molecule has 0 aliphatic carbocycles. The fourth-order valence-electron chi connectivity index (χ4n) is 1.75. The van der Waals surface area contributed by atoms with Crippen molar-refractivity contribution in [3.63, 3.8) is 0 Å². The summed E-state index contributed by atoms with van der Waals surface area (Å²) in [6, 6.07) is -0.293. The van der Waals surface area contributed by atoms with Gasteiger partial charge in [0.2, 0.25) is 0 Å². The minimum Gasteiger partial charge on any atom is -0.396 e. The summed E-state index contributed by atoms with van der Waals surface area (Å²) in [5.41, 5.74) is -0.728. The number of hydrogen-bond acceptors (Lipinski definition) is 3. The molecule has 1 aliphatic rings. The molecule has 1 heterocycles. The van der Waals surface area contributed by atoms with Crippen LogP contribution in [0.5, 0.6) is 0 Å². The van der Waals surface area contributed by atoms with Crippen LogP contribution in [0.15, 0.2) is 0 Å². The Bertz CT molecular complexity index is 280.